The van der Waals surface area contributed by atoms with E-state index < -0.39 is 28.9 Å². The predicted octanol–water partition coefficient (Wildman–Crippen LogP) is 2.11. The summed E-state index contributed by atoms with van der Waals surface area (Å²) in [5.74, 6) is -3.56. The molecule has 0 aromatic heterocycles. The normalized spacial score (nSPS) is 11.2. The molecule has 0 aliphatic carbocycles. The second-order valence-corrected chi connectivity index (χ2v) is 4.95. The van der Waals surface area contributed by atoms with Gasteiger partial charge in [-0.15, -0.1) is 0 Å². The Labute approximate surface area is 109 Å². The second-order valence-electron chi connectivity index (χ2n) is 4.95. The Balaban J connectivity index is 2.86. The molecule has 6 heteroatoms. The average molecular weight is 271 g/mol. The number of carbonyl (C=O) groups excluding carboxylic acids is 1. The van der Waals surface area contributed by atoms with Gasteiger partial charge in [0, 0.05) is 12.6 Å². The smallest absolute Gasteiger partial charge is 0.310 e. The molecule has 1 amide bonds. The Morgan fingerprint density at radius 1 is 1.26 bits per heavy atom. The lowest BCUT2D eigenvalue weighted by atomic mass is 9.94. The quantitative estimate of drug-likeness (QED) is 0.881. The van der Waals surface area contributed by atoms with Crippen LogP contribution in [0, 0.1) is 24.0 Å². The van der Waals surface area contributed by atoms with E-state index in [9.17, 15) is 18.4 Å². The number of rotatable bonds is 4. The van der Waals surface area contributed by atoms with Crippen LogP contribution in [0.1, 0.15) is 29.8 Å². The van der Waals surface area contributed by atoms with Crippen LogP contribution in [0.25, 0.3) is 0 Å². The molecule has 0 saturated heterocycles. The highest BCUT2D eigenvalue weighted by Crippen LogP contribution is 2.16. The molecule has 0 fully saturated rings. The van der Waals surface area contributed by atoms with Gasteiger partial charge in [-0.2, -0.15) is 0 Å². The molecular formula is C13H15F2NO3. The summed E-state index contributed by atoms with van der Waals surface area (Å²) in [6.45, 7) is 4.12. The van der Waals surface area contributed by atoms with Crippen molar-refractivity contribution in [3.05, 3.63) is 34.9 Å². The first-order valence-corrected chi connectivity index (χ1v) is 5.62. The topological polar surface area (TPSA) is 66.4 Å². The van der Waals surface area contributed by atoms with E-state index in [1.54, 1.807) is 0 Å². The van der Waals surface area contributed by atoms with Gasteiger partial charge in [-0.25, -0.2) is 8.78 Å². The highest BCUT2D eigenvalue weighted by molar-refractivity contribution is 5.95. The summed E-state index contributed by atoms with van der Waals surface area (Å²) in [6.07, 6.45) is 0. The van der Waals surface area contributed by atoms with E-state index in [1.165, 1.54) is 20.8 Å². The summed E-state index contributed by atoms with van der Waals surface area (Å²) in [4.78, 5) is 22.6. The Hall–Kier alpha value is -1.98. The van der Waals surface area contributed by atoms with Crippen molar-refractivity contribution in [3.63, 3.8) is 0 Å². The minimum Gasteiger partial charge on any atom is -0.481 e. The Morgan fingerprint density at radius 2 is 1.84 bits per heavy atom. The Kier molecular flexibility index (Phi) is 4.24. The van der Waals surface area contributed by atoms with Gasteiger partial charge in [0.05, 0.1) is 11.0 Å². The van der Waals surface area contributed by atoms with E-state index in [1.807, 2.05) is 0 Å². The van der Waals surface area contributed by atoms with Crippen LogP contribution in [0.4, 0.5) is 8.78 Å². The van der Waals surface area contributed by atoms with Gasteiger partial charge in [0.25, 0.3) is 5.91 Å². The number of carboxylic acid groups (broad SMARTS) is 1. The zero-order valence-electron chi connectivity index (χ0n) is 10.9. The van der Waals surface area contributed by atoms with E-state index in [0.717, 1.165) is 6.07 Å². The van der Waals surface area contributed by atoms with Crippen molar-refractivity contribution >= 4 is 11.9 Å². The molecule has 0 bridgehead atoms. The summed E-state index contributed by atoms with van der Waals surface area (Å²) in [6, 6.07) is 1.72. The Morgan fingerprint density at radius 3 is 2.37 bits per heavy atom. The standard InChI is InChI=1S/C13H15F2NO3/c1-7-4-8(10(15)5-9(7)14)11(17)16-6-13(2,3)12(18)19/h4-5H,6H2,1-3H3,(H,16,17)(H,18,19). The van der Waals surface area contributed by atoms with Crippen LogP contribution in [0.15, 0.2) is 12.1 Å². The molecular weight excluding hydrogens is 256 g/mol. The third-order valence-electron chi connectivity index (χ3n) is 2.76. The number of aliphatic carboxylic acids is 1. The molecule has 0 aliphatic rings. The van der Waals surface area contributed by atoms with Crippen molar-refractivity contribution in [2.24, 2.45) is 5.41 Å². The fraction of sp³-hybridized carbons (Fsp3) is 0.385. The first-order valence-electron chi connectivity index (χ1n) is 5.62. The molecule has 104 valence electrons. The van der Waals surface area contributed by atoms with E-state index in [2.05, 4.69) is 5.32 Å². The van der Waals surface area contributed by atoms with Crippen LogP contribution in [-0.2, 0) is 4.79 Å². The maximum absolute atomic E-state index is 13.4. The van der Waals surface area contributed by atoms with Gasteiger partial charge in [0.15, 0.2) is 0 Å². The van der Waals surface area contributed by atoms with Crippen molar-refractivity contribution in [2.45, 2.75) is 20.8 Å². The summed E-state index contributed by atoms with van der Waals surface area (Å²) < 4.78 is 26.5. The highest BCUT2D eigenvalue weighted by atomic mass is 19.1. The zero-order chi connectivity index (χ0) is 14.8. The number of aryl methyl sites for hydroxylation is 1. The second kappa shape index (κ2) is 5.34. The molecule has 0 atom stereocenters. The van der Waals surface area contributed by atoms with Crippen LogP contribution in [-0.4, -0.2) is 23.5 Å². The first kappa shape index (κ1) is 15.1. The largest absolute Gasteiger partial charge is 0.481 e. The molecule has 0 radical (unpaired) electrons. The molecule has 4 nitrogen and oxygen atoms in total. The lowest BCUT2D eigenvalue weighted by Crippen LogP contribution is -2.39. The van der Waals surface area contributed by atoms with Crippen LogP contribution in [0.5, 0.6) is 0 Å². The van der Waals surface area contributed by atoms with Gasteiger partial charge in [0.1, 0.15) is 11.6 Å². The number of nitrogens with one attached hydrogen (secondary N) is 1. The molecule has 0 saturated carbocycles. The van der Waals surface area contributed by atoms with Crippen LogP contribution < -0.4 is 5.32 Å². The highest BCUT2D eigenvalue weighted by Gasteiger charge is 2.28. The number of hydrogen-bond donors (Lipinski definition) is 2. The molecule has 0 unspecified atom stereocenters. The zero-order valence-corrected chi connectivity index (χ0v) is 10.9. The van der Waals surface area contributed by atoms with Gasteiger partial charge in [-0.1, -0.05) is 0 Å². The summed E-state index contributed by atoms with van der Waals surface area (Å²) in [5, 5.41) is 11.2. The Bertz CT molecular complexity index is 527. The van der Waals surface area contributed by atoms with E-state index >= 15 is 0 Å². The average Bonchev–Trinajstić information content (AvgIpc) is 2.30. The van der Waals surface area contributed by atoms with Gasteiger partial charge in [-0.3, -0.25) is 9.59 Å². The fourth-order valence-corrected chi connectivity index (χ4v) is 1.30. The van der Waals surface area contributed by atoms with Crippen molar-refractivity contribution < 1.29 is 23.5 Å². The van der Waals surface area contributed by atoms with Crippen LogP contribution >= 0.6 is 0 Å². The van der Waals surface area contributed by atoms with Crippen molar-refractivity contribution in [1.29, 1.82) is 0 Å². The molecule has 1 rings (SSSR count). The first-order chi connectivity index (χ1) is 8.65. The number of carboxylic acids is 1. The lowest BCUT2D eigenvalue weighted by Gasteiger charge is -2.19. The minimum absolute atomic E-state index is 0.143. The maximum Gasteiger partial charge on any atom is 0.310 e. The lowest BCUT2D eigenvalue weighted by molar-refractivity contribution is -0.146. The minimum atomic E-state index is -1.17. The molecule has 2 N–H and O–H groups in total. The maximum atomic E-state index is 13.4. The molecule has 1 aromatic carbocycles. The monoisotopic (exact) mass is 271 g/mol. The number of amides is 1. The van der Waals surface area contributed by atoms with Gasteiger partial charge >= 0.3 is 5.97 Å². The fourth-order valence-electron chi connectivity index (χ4n) is 1.30. The number of halogens is 2. The van der Waals surface area contributed by atoms with Crippen molar-refractivity contribution in [3.8, 4) is 0 Å². The number of hydrogen-bond acceptors (Lipinski definition) is 2. The number of carbonyl (C=O) groups is 2. The molecule has 0 heterocycles. The van der Waals surface area contributed by atoms with Crippen LogP contribution in [0.2, 0.25) is 0 Å². The predicted molar refractivity (Wildman–Crippen MR) is 64.8 cm³/mol. The van der Waals surface area contributed by atoms with E-state index in [4.69, 9.17) is 5.11 Å². The van der Waals surface area contributed by atoms with Crippen molar-refractivity contribution in [1.82, 2.24) is 5.32 Å². The third kappa shape index (κ3) is 3.49. The molecule has 0 spiro atoms. The summed E-state index contributed by atoms with van der Waals surface area (Å²) in [5.41, 5.74) is -1.33. The van der Waals surface area contributed by atoms with Gasteiger partial charge in [-0.05, 0) is 32.4 Å². The van der Waals surface area contributed by atoms with E-state index in [0.29, 0.717) is 6.07 Å². The summed E-state index contributed by atoms with van der Waals surface area (Å²) in [7, 11) is 0. The SMILES string of the molecule is Cc1cc(C(=O)NCC(C)(C)C(=O)O)c(F)cc1F. The molecule has 0 aliphatic heterocycles. The van der Waals surface area contributed by atoms with Gasteiger partial charge in [0.2, 0.25) is 0 Å². The van der Waals surface area contributed by atoms with Crippen LogP contribution in [0.3, 0.4) is 0 Å². The summed E-state index contributed by atoms with van der Waals surface area (Å²) >= 11 is 0. The molecule has 1 aromatic rings. The van der Waals surface area contributed by atoms with Crippen molar-refractivity contribution in [2.75, 3.05) is 6.54 Å². The molecule has 19 heavy (non-hydrogen) atoms. The third-order valence-corrected chi connectivity index (χ3v) is 2.76. The van der Waals surface area contributed by atoms with Gasteiger partial charge < -0.3 is 10.4 Å². The van der Waals surface area contributed by atoms with E-state index in [-0.39, 0.29) is 17.7 Å². The number of benzene rings is 1.